The molecule has 0 radical (unpaired) electrons. The normalized spacial score (nSPS) is 20.8. The molecule has 1 N–H and O–H groups in total. The number of hydrogen-bond acceptors (Lipinski definition) is 5. The van der Waals surface area contributed by atoms with Crippen LogP contribution in [0.4, 0.5) is 4.39 Å². The summed E-state index contributed by atoms with van der Waals surface area (Å²) in [7, 11) is 1.78. The molecule has 1 aliphatic rings. The molecular formula is C14H15FN4O3. The maximum atomic E-state index is 13.6. The fourth-order valence-corrected chi connectivity index (χ4v) is 2.23. The predicted molar refractivity (Wildman–Crippen MR) is 73.9 cm³/mol. The van der Waals surface area contributed by atoms with Gasteiger partial charge in [0.05, 0.1) is 43.4 Å². The summed E-state index contributed by atoms with van der Waals surface area (Å²) in [6.45, 7) is 0.655. The van der Waals surface area contributed by atoms with E-state index >= 15 is 0 Å². The van der Waals surface area contributed by atoms with Crippen molar-refractivity contribution >= 4 is 5.91 Å². The number of rotatable bonds is 4. The van der Waals surface area contributed by atoms with Gasteiger partial charge in [0.25, 0.3) is 5.91 Å². The average Bonchev–Trinajstić information content (AvgIpc) is 3.09. The van der Waals surface area contributed by atoms with Crippen LogP contribution in [0.15, 0.2) is 30.9 Å². The topological polar surface area (TPSA) is 78.3 Å². The predicted octanol–water partition coefficient (Wildman–Crippen LogP) is 0.530. The van der Waals surface area contributed by atoms with Crippen LogP contribution in [0.2, 0.25) is 0 Å². The highest BCUT2D eigenvalue weighted by atomic mass is 19.1. The fourth-order valence-electron chi connectivity index (χ4n) is 2.23. The number of halogens is 1. The first-order chi connectivity index (χ1) is 10.6. The van der Waals surface area contributed by atoms with Crippen molar-refractivity contribution < 1.29 is 18.7 Å². The zero-order valence-electron chi connectivity index (χ0n) is 11.9. The Bertz CT molecular complexity index is 676. The van der Waals surface area contributed by atoms with Gasteiger partial charge < -0.3 is 14.8 Å². The van der Waals surface area contributed by atoms with Crippen molar-refractivity contribution in [2.45, 2.75) is 12.1 Å². The Morgan fingerprint density at radius 2 is 2.36 bits per heavy atom. The molecule has 1 amide bonds. The third-order valence-electron chi connectivity index (χ3n) is 3.33. The maximum Gasteiger partial charge on any atom is 0.254 e. The number of pyridine rings is 1. The highest BCUT2D eigenvalue weighted by Crippen LogP contribution is 2.17. The SMILES string of the molecule is Cn1cc(O[C@@H]2COC[C@@H]2NC(=O)c2ccncc2F)cn1. The monoisotopic (exact) mass is 306 g/mol. The molecule has 0 aliphatic carbocycles. The van der Waals surface area contributed by atoms with Crippen LogP contribution < -0.4 is 10.1 Å². The summed E-state index contributed by atoms with van der Waals surface area (Å²) in [4.78, 5) is 15.7. The van der Waals surface area contributed by atoms with Gasteiger partial charge in [-0.05, 0) is 6.07 Å². The van der Waals surface area contributed by atoms with Crippen LogP contribution in [0, 0.1) is 5.82 Å². The lowest BCUT2D eigenvalue weighted by atomic mass is 10.2. The van der Waals surface area contributed by atoms with Gasteiger partial charge in [0.1, 0.15) is 6.10 Å². The molecule has 1 aliphatic heterocycles. The third-order valence-corrected chi connectivity index (χ3v) is 3.33. The number of carbonyl (C=O) groups excluding carboxylic acids is 1. The molecule has 3 rings (SSSR count). The Balaban J connectivity index is 1.66. The van der Waals surface area contributed by atoms with Crippen molar-refractivity contribution in [3.63, 3.8) is 0 Å². The molecule has 2 atom stereocenters. The van der Waals surface area contributed by atoms with E-state index in [1.807, 2.05) is 0 Å². The van der Waals surface area contributed by atoms with Crippen LogP contribution >= 0.6 is 0 Å². The van der Waals surface area contributed by atoms with Gasteiger partial charge in [-0.25, -0.2) is 4.39 Å². The molecule has 1 saturated heterocycles. The highest BCUT2D eigenvalue weighted by Gasteiger charge is 2.32. The van der Waals surface area contributed by atoms with E-state index in [0.29, 0.717) is 19.0 Å². The summed E-state index contributed by atoms with van der Waals surface area (Å²) in [6.07, 6.45) is 5.33. The van der Waals surface area contributed by atoms with Crippen molar-refractivity contribution in [3.8, 4) is 5.75 Å². The zero-order valence-corrected chi connectivity index (χ0v) is 11.9. The minimum atomic E-state index is -0.663. The summed E-state index contributed by atoms with van der Waals surface area (Å²) in [5, 5.41) is 6.74. The van der Waals surface area contributed by atoms with Crippen molar-refractivity contribution in [2.24, 2.45) is 7.05 Å². The summed E-state index contributed by atoms with van der Waals surface area (Å²) >= 11 is 0. The lowest BCUT2D eigenvalue weighted by Gasteiger charge is -2.19. The standard InChI is InChI=1S/C14H15FN4O3/c1-19-6-9(4-17-19)22-13-8-21-7-12(13)18-14(20)10-2-3-16-5-11(10)15/h2-6,12-13H,7-8H2,1H3,(H,18,20)/t12-,13+/m0/s1. The molecule has 0 spiro atoms. The Morgan fingerprint density at radius 3 is 3.09 bits per heavy atom. The van der Waals surface area contributed by atoms with E-state index in [4.69, 9.17) is 9.47 Å². The van der Waals surface area contributed by atoms with Gasteiger partial charge in [-0.2, -0.15) is 5.10 Å². The van der Waals surface area contributed by atoms with Gasteiger partial charge in [0.15, 0.2) is 11.6 Å². The number of aryl methyl sites for hydroxylation is 1. The first-order valence-electron chi connectivity index (χ1n) is 6.77. The Hall–Kier alpha value is -2.48. The summed E-state index contributed by atoms with van der Waals surface area (Å²) < 4.78 is 26.3. The van der Waals surface area contributed by atoms with Gasteiger partial charge in [-0.1, -0.05) is 0 Å². The molecule has 2 aromatic rings. The first kappa shape index (κ1) is 14.5. The highest BCUT2D eigenvalue weighted by molar-refractivity contribution is 5.94. The van der Waals surface area contributed by atoms with Gasteiger partial charge >= 0.3 is 0 Å². The van der Waals surface area contributed by atoms with E-state index in [1.54, 1.807) is 24.1 Å². The fraction of sp³-hybridized carbons (Fsp3) is 0.357. The summed E-state index contributed by atoms with van der Waals surface area (Å²) in [5.41, 5.74) is -0.0537. The maximum absolute atomic E-state index is 13.6. The smallest absolute Gasteiger partial charge is 0.254 e. The molecule has 2 aromatic heterocycles. The number of nitrogens with zero attached hydrogens (tertiary/aromatic N) is 3. The largest absolute Gasteiger partial charge is 0.482 e. The molecule has 7 nitrogen and oxygen atoms in total. The molecule has 0 saturated carbocycles. The molecule has 8 heteroatoms. The number of aromatic nitrogens is 3. The van der Waals surface area contributed by atoms with E-state index < -0.39 is 11.7 Å². The number of hydrogen-bond donors (Lipinski definition) is 1. The molecule has 116 valence electrons. The lowest BCUT2D eigenvalue weighted by molar-refractivity contribution is 0.0900. The second-order valence-electron chi connectivity index (χ2n) is 4.98. The summed E-state index contributed by atoms with van der Waals surface area (Å²) in [6, 6.07) is 0.970. The minimum Gasteiger partial charge on any atom is -0.482 e. The van der Waals surface area contributed by atoms with Gasteiger partial charge in [0, 0.05) is 13.2 Å². The van der Waals surface area contributed by atoms with E-state index in [-0.39, 0.29) is 17.7 Å². The van der Waals surface area contributed by atoms with Crippen LogP contribution in [0.5, 0.6) is 5.75 Å². The Morgan fingerprint density at radius 1 is 1.50 bits per heavy atom. The number of nitrogens with one attached hydrogen (secondary N) is 1. The van der Waals surface area contributed by atoms with E-state index in [0.717, 1.165) is 6.20 Å². The van der Waals surface area contributed by atoms with Crippen molar-refractivity contribution in [1.82, 2.24) is 20.1 Å². The van der Waals surface area contributed by atoms with Crippen LogP contribution in [0.1, 0.15) is 10.4 Å². The quantitative estimate of drug-likeness (QED) is 0.891. The van der Waals surface area contributed by atoms with Crippen LogP contribution in [-0.4, -0.2) is 46.0 Å². The van der Waals surface area contributed by atoms with Crippen molar-refractivity contribution in [3.05, 3.63) is 42.2 Å². The first-order valence-corrected chi connectivity index (χ1v) is 6.77. The number of carbonyl (C=O) groups is 1. The Kier molecular flexibility index (Phi) is 4.01. The average molecular weight is 306 g/mol. The number of amides is 1. The lowest BCUT2D eigenvalue weighted by Crippen LogP contribution is -2.45. The van der Waals surface area contributed by atoms with Gasteiger partial charge in [0.2, 0.25) is 0 Å². The molecule has 0 aromatic carbocycles. The van der Waals surface area contributed by atoms with E-state index in [2.05, 4.69) is 15.4 Å². The van der Waals surface area contributed by atoms with Crippen molar-refractivity contribution in [2.75, 3.05) is 13.2 Å². The molecule has 0 bridgehead atoms. The van der Waals surface area contributed by atoms with Crippen LogP contribution in [-0.2, 0) is 11.8 Å². The Labute approximate surface area is 126 Å². The molecule has 3 heterocycles. The number of ether oxygens (including phenoxy) is 2. The van der Waals surface area contributed by atoms with Crippen LogP contribution in [0.25, 0.3) is 0 Å². The zero-order chi connectivity index (χ0) is 15.5. The minimum absolute atomic E-state index is 0.0537. The van der Waals surface area contributed by atoms with Gasteiger partial charge in [-0.15, -0.1) is 0 Å². The third kappa shape index (κ3) is 3.06. The molecule has 22 heavy (non-hydrogen) atoms. The summed E-state index contributed by atoms with van der Waals surface area (Å²) in [5.74, 6) is -0.592. The molecule has 1 fully saturated rings. The second kappa shape index (κ2) is 6.10. The van der Waals surface area contributed by atoms with E-state index in [1.165, 1.54) is 12.3 Å². The van der Waals surface area contributed by atoms with Crippen LogP contribution in [0.3, 0.4) is 0 Å². The second-order valence-corrected chi connectivity index (χ2v) is 4.98. The molecular weight excluding hydrogens is 291 g/mol. The van der Waals surface area contributed by atoms with Crippen molar-refractivity contribution in [1.29, 1.82) is 0 Å². The molecule has 0 unspecified atom stereocenters. The van der Waals surface area contributed by atoms with E-state index in [9.17, 15) is 9.18 Å². The van der Waals surface area contributed by atoms with Gasteiger partial charge in [-0.3, -0.25) is 14.5 Å².